The summed E-state index contributed by atoms with van der Waals surface area (Å²) in [4.78, 5) is 30.2. The van der Waals surface area contributed by atoms with Crippen molar-refractivity contribution in [2.24, 2.45) is 10.9 Å². The number of Topliss-reactive ketones (excluding diaryl/α,β-unsaturated/α-hetero) is 1. The highest BCUT2D eigenvalue weighted by Gasteiger charge is 2.43. The molecule has 0 radical (unpaired) electrons. The molecule has 0 saturated heterocycles. The molecule has 144 valence electrons. The van der Waals surface area contributed by atoms with Crippen LogP contribution in [0, 0.1) is 5.92 Å². The summed E-state index contributed by atoms with van der Waals surface area (Å²) >= 11 is 0. The van der Waals surface area contributed by atoms with Crippen molar-refractivity contribution < 1.29 is 23.8 Å². The van der Waals surface area contributed by atoms with Gasteiger partial charge in [0.1, 0.15) is 5.92 Å². The van der Waals surface area contributed by atoms with E-state index in [4.69, 9.17) is 14.2 Å². The number of methoxy groups -OCH3 is 2. The number of carbonyl (C=O) groups excluding carboxylic acids is 2. The minimum absolute atomic E-state index is 0.0570. The number of esters is 1. The molecule has 0 spiro atoms. The lowest BCUT2D eigenvalue weighted by molar-refractivity contribution is -0.146. The monoisotopic (exact) mass is 371 g/mol. The number of allylic oxidation sites excluding steroid dienone is 2. The van der Waals surface area contributed by atoms with E-state index in [-0.39, 0.29) is 18.4 Å². The third-order valence-corrected chi connectivity index (χ3v) is 5.14. The second kappa shape index (κ2) is 7.94. The molecule has 1 aliphatic carbocycles. The summed E-state index contributed by atoms with van der Waals surface area (Å²) in [6.45, 7) is 3.88. The number of carbonyl (C=O) groups is 2. The second-order valence-electron chi connectivity index (χ2n) is 6.71. The van der Waals surface area contributed by atoms with Crippen LogP contribution in [-0.2, 0) is 14.3 Å². The first kappa shape index (κ1) is 19.1. The van der Waals surface area contributed by atoms with Crippen LogP contribution < -0.4 is 9.47 Å². The van der Waals surface area contributed by atoms with Crippen molar-refractivity contribution in [1.82, 2.24) is 0 Å². The molecule has 1 aromatic carbocycles. The van der Waals surface area contributed by atoms with Gasteiger partial charge in [-0.25, -0.2) is 0 Å². The molecule has 0 fully saturated rings. The smallest absolute Gasteiger partial charge is 0.315 e. The van der Waals surface area contributed by atoms with Gasteiger partial charge in [0, 0.05) is 29.3 Å². The van der Waals surface area contributed by atoms with Crippen LogP contribution in [0.5, 0.6) is 11.5 Å². The Kier molecular flexibility index (Phi) is 5.63. The van der Waals surface area contributed by atoms with E-state index in [0.29, 0.717) is 29.2 Å². The zero-order chi connectivity index (χ0) is 19.6. The van der Waals surface area contributed by atoms with Crippen molar-refractivity contribution in [3.8, 4) is 11.5 Å². The molecule has 6 nitrogen and oxygen atoms in total. The van der Waals surface area contributed by atoms with E-state index >= 15 is 0 Å². The first-order valence-electron chi connectivity index (χ1n) is 9.21. The summed E-state index contributed by atoms with van der Waals surface area (Å²) in [5.74, 6) is -0.194. The van der Waals surface area contributed by atoms with Gasteiger partial charge in [-0.05, 0) is 44.4 Å². The van der Waals surface area contributed by atoms with Gasteiger partial charge in [-0.3, -0.25) is 14.6 Å². The molecule has 1 unspecified atom stereocenters. The van der Waals surface area contributed by atoms with Crippen LogP contribution in [0.4, 0.5) is 0 Å². The quantitative estimate of drug-likeness (QED) is 0.741. The number of hydrogen-bond acceptors (Lipinski definition) is 6. The van der Waals surface area contributed by atoms with Crippen LogP contribution in [0.1, 0.15) is 44.6 Å². The SMILES string of the molecule is CCOC(=O)C1C(C)=NC2=C(C(=O)CCC2)[C@H]1c1ccc(OC)c(OC)c1. The van der Waals surface area contributed by atoms with Crippen molar-refractivity contribution >= 4 is 17.5 Å². The summed E-state index contributed by atoms with van der Waals surface area (Å²) in [6, 6.07) is 5.51. The number of hydrogen-bond donors (Lipinski definition) is 0. The Morgan fingerprint density at radius 3 is 2.59 bits per heavy atom. The highest BCUT2D eigenvalue weighted by atomic mass is 16.5. The highest BCUT2D eigenvalue weighted by Crippen LogP contribution is 2.45. The van der Waals surface area contributed by atoms with Gasteiger partial charge in [-0.2, -0.15) is 0 Å². The third-order valence-electron chi connectivity index (χ3n) is 5.14. The van der Waals surface area contributed by atoms with Crippen molar-refractivity contribution in [2.75, 3.05) is 20.8 Å². The van der Waals surface area contributed by atoms with Gasteiger partial charge in [0.15, 0.2) is 17.3 Å². The summed E-state index contributed by atoms with van der Waals surface area (Å²) in [5, 5.41) is 0. The van der Waals surface area contributed by atoms with Crippen LogP contribution in [0.3, 0.4) is 0 Å². The molecule has 6 heteroatoms. The third kappa shape index (κ3) is 3.48. The summed E-state index contributed by atoms with van der Waals surface area (Å²) < 4.78 is 16.1. The van der Waals surface area contributed by atoms with Crippen molar-refractivity contribution in [1.29, 1.82) is 0 Å². The number of benzene rings is 1. The van der Waals surface area contributed by atoms with Gasteiger partial charge >= 0.3 is 5.97 Å². The molecule has 2 aliphatic rings. The van der Waals surface area contributed by atoms with Gasteiger partial charge in [-0.15, -0.1) is 0 Å². The van der Waals surface area contributed by atoms with E-state index < -0.39 is 11.8 Å². The largest absolute Gasteiger partial charge is 0.493 e. The first-order chi connectivity index (χ1) is 13.0. The van der Waals surface area contributed by atoms with Crippen LogP contribution >= 0.6 is 0 Å². The van der Waals surface area contributed by atoms with Crippen LogP contribution in [0.2, 0.25) is 0 Å². The molecule has 0 amide bonds. The highest BCUT2D eigenvalue weighted by molar-refractivity contribution is 6.08. The van der Waals surface area contributed by atoms with Crippen LogP contribution in [0.15, 0.2) is 34.5 Å². The lowest BCUT2D eigenvalue weighted by Gasteiger charge is -2.34. The van der Waals surface area contributed by atoms with E-state index in [0.717, 1.165) is 24.1 Å². The van der Waals surface area contributed by atoms with Crippen LogP contribution in [-0.4, -0.2) is 38.3 Å². The topological polar surface area (TPSA) is 74.2 Å². The maximum atomic E-state index is 12.8. The zero-order valence-electron chi connectivity index (χ0n) is 16.2. The van der Waals surface area contributed by atoms with Crippen molar-refractivity contribution in [3.05, 3.63) is 35.0 Å². The molecule has 3 rings (SSSR count). The minimum atomic E-state index is -0.621. The first-order valence-corrected chi connectivity index (χ1v) is 9.21. The second-order valence-corrected chi connectivity index (χ2v) is 6.71. The summed E-state index contributed by atoms with van der Waals surface area (Å²) in [5.41, 5.74) is 2.94. The average molecular weight is 371 g/mol. The van der Waals surface area contributed by atoms with Gasteiger partial charge in [0.05, 0.1) is 20.8 Å². The van der Waals surface area contributed by atoms with Crippen LogP contribution in [0.25, 0.3) is 0 Å². The molecule has 2 atom stereocenters. The fourth-order valence-electron chi connectivity index (χ4n) is 3.95. The fourth-order valence-corrected chi connectivity index (χ4v) is 3.95. The Morgan fingerprint density at radius 2 is 1.93 bits per heavy atom. The Hall–Kier alpha value is -2.63. The van der Waals surface area contributed by atoms with Gasteiger partial charge in [0.25, 0.3) is 0 Å². The molecule has 1 aliphatic heterocycles. The Balaban J connectivity index is 2.16. The zero-order valence-corrected chi connectivity index (χ0v) is 16.2. The van der Waals surface area contributed by atoms with E-state index in [2.05, 4.69) is 4.99 Å². The molecule has 0 saturated carbocycles. The van der Waals surface area contributed by atoms with Gasteiger partial charge < -0.3 is 14.2 Å². The fraction of sp³-hybridized carbons (Fsp3) is 0.476. The number of nitrogens with zero attached hydrogens (tertiary/aromatic N) is 1. The summed E-state index contributed by atoms with van der Waals surface area (Å²) in [6.07, 6.45) is 2.02. The average Bonchev–Trinajstić information content (AvgIpc) is 2.66. The summed E-state index contributed by atoms with van der Waals surface area (Å²) in [7, 11) is 3.14. The Labute approximate surface area is 159 Å². The molecular formula is C21H25NO5. The minimum Gasteiger partial charge on any atom is -0.493 e. The lowest BCUT2D eigenvalue weighted by atomic mass is 9.71. The van der Waals surface area contributed by atoms with Crippen molar-refractivity contribution in [2.45, 2.75) is 39.0 Å². The number of rotatable bonds is 5. The standard InChI is InChI=1S/C21H25NO5/c1-5-27-21(24)18-12(2)22-14-7-6-8-15(23)20(14)19(18)13-9-10-16(25-3)17(11-13)26-4/h9-11,18-19H,5-8H2,1-4H3/t18?,19-/m0/s1. The van der Waals surface area contributed by atoms with E-state index in [1.165, 1.54) is 0 Å². The molecule has 0 bridgehead atoms. The lowest BCUT2D eigenvalue weighted by Crippen LogP contribution is -2.37. The number of ketones is 1. The molecule has 1 aromatic rings. The van der Waals surface area contributed by atoms with E-state index in [1.807, 2.05) is 19.1 Å². The molecule has 0 N–H and O–H groups in total. The maximum absolute atomic E-state index is 12.8. The Bertz CT molecular complexity index is 824. The normalized spacial score (nSPS) is 22.1. The predicted molar refractivity (Wildman–Crippen MR) is 101 cm³/mol. The molecule has 1 heterocycles. The Morgan fingerprint density at radius 1 is 1.19 bits per heavy atom. The van der Waals surface area contributed by atoms with Crippen molar-refractivity contribution in [3.63, 3.8) is 0 Å². The number of aliphatic imine (C=N–C) groups is 1. The predicted octanol–water partition coefficient (Wildman–Crippen LogP) is 3.45. The van der Waals surface area contributed by atoms with Gasteiger partial charge in [0.2, 0.25) is 0 Å². The number of ether oxygens (including phenoxy) is 3. The maximum Gasteiger partial charge on any atom is 0.315 e. The molecule has 0 aromatic heterocycles. The van der Waals surface area contributed by atoms with Gasteiger partial charge in [-0.1, -0.05) is 6.07 Å². The van der Waals surface area contributed by atoms with E-state index in [9.17, 15) is 9.59 Å². The van der Waals surface area contributed by atoms with E-state index in [1.54, 1.807) is 27.2 Å². The molecule has 27 heavy (non-hydrogen) atoms. The molecular weight excluding hydrogens is 346 g/mol.